The van der Waals surface area contributed by atoms with E-state index in [-0.39, 0.29) is 19.1 Å². The molecule has 2 aromatic carbocycles. The minimum atomic E-state index is -0.154. The number of nitrogens with one attached hydrogen (secondary N) is 1. The largest absolute Gasteiger partial charge is 0.395 e. The molecule has 2 aromatic rings. The van der Waals surface area contributed by atoms with E-state index in [0.717, 1.165) is 10.6 Å². The summed E-state index contributed by atoms with van der Waals surface area (Å²) in [6.07, 6.45) is 0. The maximum absolute atomic E-state index is 11.7. The lowest BCUT2D eigenvalue weighted by atomic mass is 10.2. The number of hydrogen-bond donors (Lipinski definition) is 2. The summed E-state index contributed by atoms with van der Waals surface area (Å²) in [5.41, 5.74) is 1.89. The zero-order valence-electron chi connectivity index (χ0n) is 11.1. The highest BCUT2D eigenvalue weighted by Crippen LogP contribution is 2.22. The number of carbonyl (C=O) groups excluding carboxylic acids is 1. The van der Waals surface area contributed by atoms with Crippen molar-refractivity contribution in [3.63, 3.8) is 0 Å². The third kappa shape index (κ3) is 4.40. The molecule has 104 valence electrons. The van der Waals surface area contributed by atoms with E-state index in [1.54, 1.807) is 23.9 Å². The molecule has 4 heteroatoms. The Kier molecular flexibility index (Phi) is 5.65. The lowest BCUT2D eigenvalue weighted by molar-refractivity contribution is 0.0944. The zero-order chi connectivity index (χ0) is 14.2. The molecule has 0 spiro atoms. The summed E-state index contributed by atoms with van der Waals surface area (Å²) in [4.78, 5) is 12.8. The summed E-state index contributed by atoms with van der Waals surface area (Å²) >= 11 is 1.74. The lowest BCUT2D eigenvalue weighted by Gasteiger charge is -2.05. The molecule has 2 rings (SSSR count). The SMILES string of the molecule is O=C(NCCO)c1ccc(SCc2ccccc2)cc1. The van der Waals surface area contributed by atoms with E-state index in [0.29, 0.717) is 5.56 Å². The first-order valence-corrected chi connectivity index (χ1v) is 7.44. The van der Waals surface area contributed by atoms with Gasteiger partial charge in [0.2, 0.25) is 0 Å². The van der Waals surface area contributed by atoms with Gasteiger partial charge in [-0.2, -0.15) is 0 Å². The van der Waals surface area contributed by atoms with Crippen LogP contribution in [-0.4, -0.2) is 24.2 Å². The fourth-order valence-corrected chi connectivity index (χ4v) is 2.57. The summed E-state index contributed by atoms with van der Waals surface area (Å²) in [6.45, 7) is 0.236. The first-order chi connectivity index (χ1) is 9.79. The highest BCUT2D eigenvalue weighted by atomic mass is 32.2. The highest BCUT2D eigenvalue weighted by Gasteiger charge is 2.04. The number of aliphatic hydroxyl groups is 1. The number of aliphatic hydroxyl groups excluding tert-OH is 1. The van der Waals surface area contributed by atoms with Crippen LogP contribution in [0.2, 0.25) is 0 Å². The average Bonchev–Trinajstić information content (AvgIpc) is 2.52. The van der Waals surface area contributed by atoms with Gasteiger partial charge in [0, 0.05) is 22.8 Å². The Morgan fingerprint density at radius 3 is 2.40 bits per heavy atom. The second-order valence-electron chi connectivity index (χ2n) is 4.28. The standard InChI is InChI=1S/C16H17NO2S/c18-11-10-17-16(19)14-6-8-15(9-7-14)20-12-13-4-2-1-3-5-13/h1-9,18H,10-12H2,(H,17,19). The van der Waals surface area contributed by atoms with E-state index in [1.165, 1.54) is 5.56 Å². The van der Waals surface area contributed by atoms with E-state index in [9.17, 15) is 4.79 Å². The van der Waals surface area contributed by atoms with E-state index < -0.39 is 0 Å². The van der Waals surface area contributed by atoms with Crippen LogP contribution in [0.25, 0.3) is 0 Å². The maximum Gasteiger partial charge on any atom is 0.251 e. The Morgan fingerprint density at radius 2 is 1.75 bits per heavy atom. The Morgan fingerprint density at radius 1 is 1.05 bits per heavy atom. The van der Waals surface area contributed by atoms with Crippen LogP contribution in [0.1, 0.15) is 15.9 Å². The summed E-state index contributed by atoms with van der Waals surface area (Å²) < 4.78 is 0. The summed E-state index contributed by atoms with van der Waals surface area (Å²) in [5.74, 6) is 0.760. The first kappa shape index (κ1) is 14.6. The van der Waals surface area contributed by atoms with Crippen molar-refractivity contribution in [2.75, 3.05) is 13.2 Å². The van der Waals surface area contributed by atoms with Crippen molar-refractivity contribution in [1.29, 1.82) is 0 Å². The van der Waals surface area contributed by atoms with Gasteiger partial charge in [-0.3, -0.25) is 4.79 Å². The number of amides is 1. The molecule has 0 aliphatic carbocycles. The van der Waals surface area contributed by atoms with E-state index >= 15 is 0 Å². The van der Waals surface area contributed by atoms with Gasteiger partial charge in [-0.1, -0.05) is 30.3 Å². The molecule has 0 aliphatic heterocycles. The summed E-state index contributed by atoms with van der Waals surface area (Å²) in [7, 11) is 0. The first-order valence-electron chi connectivity index (χ1n) is 6.45. The molecule has 0 radical (unpaired) electrons. The number of thioether (sulfide) groups is 1. The molecular weight excluding hydrogens is 270 g/mol. The molecular formula is C16H17NO2S. The number of benzene rings is 2. The molecule has 1 amide bonds. The third-order valence-corrected chi connectivity index (χ3v) is 3.85. The molecule has 0 bridgehead atoms. The predicted octanol–water partition coefficient (Wildman–Crippen LogP) is 2.70. The van der Waals surface area contributed by atoms with Crippen molar-refractivity contribution in [3.8, 4) is 0 Å². The smallest absolute Gasteiger partial charge is 0.251 e. The van der Waals surface area contributed by atoms with Crippen LogP contribution in [0.4, 0.5) is 0 Å². The number of rotatable bonds is 6. The van der Waals surface area contributed by atoms with Gasteiger partial charge in [0.25, 0.3) is 5.91 Å². The average molecular weight is 287 g/mol. The normalized spacial score (nSPS) is 10.2. The van der Waals surface area contributed by atoms with Crippen molar-refractivity contribution >= 4 is 17.7 Å². The quantitative estimate of drug-likeness (QED) is 0.803. The third-order valence-electron chi connectivity index (χ3n) is 2.76. The molecule has 0 aliphatic rings. The van der Waals surface area contributed by atoms with Crippen molar-refractivity contribution in [2.45, 2.75) is 10.6 Å². The van der Waals surface area contributed by atoms with Crippen molar-refractivity contribution < 1.29 is 9.90 Å². The van der Waals surface area contributed by atoms with Gasteiger partial charge in [-0.25, -0.2) is 0 Å². The number of carbonyl (C=O) groups is 1. The Labute approximate surface area is 123 Å². The van der Waals surface area contributed by atoms with E-state index in [2.05, 4.69) is 17.4 Å². The van der Waals surface area contributed by atoms with Crippen LogP contribution in [0.5, 0.6) is 0 Å². The Hall–Kier alpha value is -1.78. The van der Waals surface area contributed by atoms with Crippen molar-refractivity contribution in [1.82, 2.24) is 5.32 Å². The van der Waals surface area contributed by atoms with Gasteiger partial charge in [-0.15, -0.1) is 11.8 Å². The zero-order valence-corrected chi connectivity index (χ0v) is 11.9. The second kappa shape index (κ2) is 7.72. The predicted molar refractivity (Wildman–Crippen MR) is 81.9 cm³/mol. The van der Waals surface area contributed by atoms with Gasteiger partial charge in [0.05, 0.1) is 6.61 Å². The molecule has 0 unspecified atom stereocenters. The molecule has 2 N–H and O–H groups in total. The molecule has 20 heavy (non-hydrogen) atoms. The molecule has 0 saturated heterocycles. The summed E-state index contributed by atoms with van der Waals surface area (Å²) in [5, 5.41) is 11.3. The monoisotopic (exact) mass is 287 g/mol. The Balaban J connectivity index is 1.90. The topological polar surface area (TPSA) is 49.3 Å². The molecule has 0 atom stereocenters. The fraction of sp³-hybridized carbons (Fsp3) is 0.188. The van der Waals surface area contributed by atoms with Crippen LogP contribution >= 0.6 is 11.8 Å². The maximum atomic E-state index is 11.7. The minimum Gasteiger partial charge on any atom is -0.395 e. The van der Waals surface area contributed by atoms with Crippen molar-refractivity contribution in [3.05, 3.63) is 65.7 Å². The molecule has 3 nitrogen and oxygen atoms in total. The minimum absolute atomic E-state index is 0.0449. The molecule has 0 fully saturated rings. The van der Waals surface area contributed by atoms with Crippen LogP contribution in [0, 0.1) is 0 Å². The van der Waals surface area contributed by atoms with E-state index in [1.807, 2.05) is 30.3 Å². The summed E-state index contributed by atoms with van der Waals surface area (Å²) in [6, 6.07) is 17.8. The van der Waals surface area contributed by atoms with Gasteiger partial charge < -0.3 is 10.4 Å². The van der Waals surface area contributed by atoms with Crippen LogP contribution < -0.4 is 5.32 Å². The van der Waals surface area contributed by atoms with Crippen LogP contribution in [0.15, 0.2) is 59.5 Å². The molecule has 0 aromatic heterocycles. The fourth-order valence-electron chi connectivity index (χ4n) is 1.71. The number of hydrogen-bond acceptors (Lipinski definition) is 3. The Bertz CT molecular complexity index is 540. The van der Waals surface area contributed by atoms with Crippen LogP contribution in [-0.2, 0) is 5.75 Å². The lowest BCUT2D eigenvalue weighted by Crippen LogP contribution is -2.26. The molecule has 0 saturated carbocycles. The highest BCUT2D eigenvalue weighted by molar-refractivity contribution is 7.98. The van der Waals surface area contributed by atoms with Crippen molar-refractivity contribution in [2.24, 2.45) is 0 Å². The van der Waals surface area contributed by atoms with Crippen LogP contribution in [0.3, 0.4) is 0 Å². The van der Waals surface area contributed by atoms with Gasteiger partial charge in [0.1, 0.15) is 0 Å². The molecule has 0 heterocycles. The van der Waals surface area contributed by atoms with E-state index in [4.69, 9.17) is 5.11 Å². The van der Waals surface area contributed by atoms with Gasteiger partial charge >= 0.3 is 0 Å². The van der Waals surface area contributed by atoms with Gasteiger partial charge in [0.15, 0.2) is 0 Å². The van der Waals surface area contributed by atoms with Gasteiger partial charge in [-0.05, 0) is 29.8 Å². The second-order valence-corrected chi connectivity index (χ2v) is 5.33.